The lowest BCUT2D eigenvalue weighted by atomic mass is 9.94. The molecule has 1 aromatic rings. The Balaban J connectivity index is 1.72. The molecule has 0 bridgehead atoms. The number of anilines is 1. The van der Waals surface area contributed by atoms with Crippen LogP contribution in [0.4, 0.5) is 11.4 Å². The number of ether oxygens (including phenoxy) is 1. The molecule has 110 valence electrons. The Labute approximate surface area is 118 Å². The SMILES string of the molecule is NC1CCC(OCCNc2ccccc2[N+](=O)[O-])CC1. The molecule has 0 radical (unpaired) electrons. The molecule has 0 spiro atoms. The number of hydrogen-bond acceptors (Lipinski definition) is 5. The molecule has 1 aromatic carbocycles. The minimum atomic E-state index is -0.383. The van der Waals surface area contributed by atoms with Crippen molar-refractivity contribution in [1.82, 2.24) is 0 Å². The number of para-hydroxylation sites is 2. The van der Waals surface area contributed by atoms with E-state index in [1.54, 1.807) is 18.2 Å². The highest BCUT2D eigenvalue weighted by Crippen LogP contribution is 2.23. The molecule has 0 amide bonds. The molecule has 6 heteroatoms. The van der Waals surface area contributed by atoms with Gasteiger partial charge in [0.1, 0.15) is 5.69 Å². The quantitative estimate of drug-likeness (QED) is 0.473. The van der Waals surface area contributed by atoms with Crippen LogP contribution in [0.3, 0.4) is 0 Å². The zero-order valence-corrected chi connectivity index (χ0v) is 11.5. The van der Waals surface area contributed by atoms with Crippen LogP contribution in [0.25, 0.3) is 0 Å². The Morgan fingerprint density at radius 2 is 2.00 bits per heavy atom. The summed E-state index contributed by atoms with van der Waals surface area (Å²) in [6.07, 6.45) is 4.33. The summed E-state index contributed by atoms with van der Waals surface area (Å²) >= 11 is 0. The number of nitro groups is 1. The van der Waals surface area contributed by atoms with Gasteiger partial charge in [-0.2, -0.15) is 0 Å². The summed E-state index contributed by atoms with van der Waals surface area (Å²) < 4.78 is 5.77. The van der Waals surface area contributed by atoms with Gasteiger partial charge >= 0.3 is 0 Å². The number of benzene rings is 1. The standard InChI is InChI=1S/C14H21N3O3/c15-11-5-7-12(8-6-11)20-10-9-16-13-3-1-2-4-14(13)17(18)19/h1-4,11-12,16H,5-10,15H2. The largest absolute Gasteiger partial charge is 0.377 e. The lowest BCUT2D eigenvalue weighted by Gasteiger charge is -2.26. The van der Waals surface area contributed by atoms with Gasteiger partial charge < -0.3 is 15.8 Å². The maximum absolute atomic E-state index is 10.9. The van der Waals surface area contributed by atoms with Crippen LogP contribution >= 0.6 is 0 Å². The first kappa shape index (κ1) is 14.7. The summed E-state index contributed by atoms with van der Waals surface area (Å²) in [7, 11) is 0. The summed E-state index contributed by atoms with van der Waals surface area (Å²) in [5.74, 6) is 0. The molecule has 2 rings (SSSR count). The van der Waals surface area contributed by atoms with Crippen LogP contribution in [0.1, 0.15) is 25.7 Å². The molecule has 6 nitrogen and oxygen atoms in total. The first-order valence-electron chi connectivity index (χ1n) is 7.01. The van der Waals surface area contributed by atoms with Crippen LogP contribution in [0, 0.1) is 10.1 Å². The third-order valence-electron chi connectivity index (χ3n) is 3.59. The van der Waals surface area contributed by atoms with Crippen molar-refractivity contribution in [2.75, 3.05) is 18.5 Å². The number of rotatable bonds is 6. The topological polar surface area (TPSA) is 90.4 Å². The molecule has 3 N–H and O–H groups in total. The number of nitrogens with two attached hydrogens (primary N) is 1. The highest BCUT2D eigenvalue weighted by atomic mass is 16.6. The van der Waals surface area contributed by atoms with Crippen LogP contribution in [0.2, 0.25) is 0 Å². The van der Waals surface area contributed by atoms with Gasteiger partial charge in [0.05, 0.1) is 17.6 Å². The Kier molecular flexibility index (Phi) is 5.31. The first-order valence-corrected chi connectivity index (χ1v) is 7.01. The summed E-state index contributed by atoms with van der Waals surface area (Å²) in [4.78, 5) is 10.5. The lowest BCUT2D eigenvalue weighted by Crippen LogP contribution is -2.31. The molecule has 1 aliphatic carbocycles. The van der Waals surface area contributed by atoms with Crippen molar-refractivity contribution in [1.29, 1.82) is 0 Å². The molecule has 0 unspecified atom stereocenters. The van der Waals surface area contributed by atoms with Gasteiger partial charge in [-0.1, -0.05) is 12.1 Å². The minimum absolute atomic E-state index is 0.0936. The highest BCUT2D eigenvalue weighted by Gasteiger charge is 2.18. The second-order valence-electron chi connectivity index (χ2n) is 5.11. The van der Waals surface area contributed by atoms with E-state index in [1.165, 1.54) is 6.07 Å². The second-order valence-corrected chi connectivity index (χ2v) is 5.11. The molecule has 0 aliphatic heterocycles. The molecule has 0 aromatic heterocycles. The third-order valence-corrected chi connectivity index (χ3v) is 3.59. The van der Waals surface area contributed by atoms with Gasteiger partial charge in [0.2, 0.25) is 0 Å². The predicted molar refractivity (Wildman–Crippen MR) is 77.8 cm³/mol. The Morgan fingerprint density at radius 1 is 1.30 bits per heavy atom. The molecule has 1 saturated carbocycles. The Bertz CT molecular complexity index is 445. The van der Waals surface area contributed by atoms with Gasteiger partial charge in [0.25, 0.3) is 5.69 Å². The molecule has 0 atom stereocenters. The second kappa shape index (κ2) is 7.21. The maximum Gasteiger partial charge on any atom is 0.292 e. The average molecular weight is 279 g/mol. The van der Waals surface area contributed by atoms with Crippen molar-refractivity contribution in [3.8, 4) is 0 Å². The molecule has 1 aliphatic rings. The van der Waals surface area contributed by atoms with Crippen LogP contribution < -0.4 is 11.1 Å². The van der Waals surface area contributed by atoms with Crippen molar-refractivity contribution < 1.29 is 9.66 Å². The number of hydrogen-bond donors (Lipinski definition) is 2. The number of nitro benzene ring substituents is 1. The minimum Gasteiger partial charge on any atom is -0.377 e. The van der Waals surface area contributed by atoms with Gasteiger partial charge in [-0.3, -0.25) is 10.1 Å². The smallest absolute Gasteiger partial charge is 0.292 e. The van der Waals surface area contributed by atoms with Gasteiger partial charge in [-0.25, -0.2) is 0 Å². The lowest BCUT2D eigenvalue weighted by molar-refractivity contribution is -0.384. The predicted octanol–water partition coefficient (Wildman–Crippen LogP) is 2.29. The first-order chi connectivity index (χ1) is 9.66. The zero-order valence-electron chi connectivity index (χ0n) is 11.5. The van der Waals surface area contributed by atoms with Gasteiger partial charge in [-0.05, 0) is 31.7 Å². The van der Waals surface area contributed by atoms with E-state index in [0.29, 0.717) is 24.9 Å². The Hall–Kier alpha value is -1.66. The molecule has 0 saturated heterocycles. The van der Waals surface area contributed by atoms with E-state index in [0.717, 1.165) is 25.7 Å². The van der Waals surface area contributed by atoms with Crippen molar-refractivity contribution in [3.63, 3.8) is 0 Å². The monoisotopic (exact) mass is 279 g/mol. The summed E-state index contributed by atoms with van der Waals surface area (Å²) in [6.45, 7) is 1.11. The molecular formula is C14H21N3O3. The summed E-state index contributed by atoms with van der Waals surface area (Å²) in [5.41, 5.74) is 6.47. The van der Waals surface area contributed by atoms with Gasteiger partial charge in [0.15, 0.2) is 0 Å². The summed E-state index contributed by atoms with van der Waals surface area (Å²) in [6, 6.07) is 6.95. The van der Waals surface area contributed by atoms with Gasteiger partial charge in [-0.15, -0.1) is 0 Å². The van der Waals surface area contributed by atoms with E-state index in [4.69, 9.17) is 10.5 Å². The van der Waals surface area contributed by atoms with E-state index in [1.807, 2.05) is 0 Å². The van der Waals surface area contributed by atoms with Crippen molar-refractivity contribution in [2.24, 2.45) is 5.73 Å². The van der Waals surface area contributed by atoms with E-state index in [2.05, 4.69) is 5.32 Å². The van der Waals surface area contributed by atoms with E-state index < -0.39 is 0 Å². The molecular weight excluding hydrogens is 258 g/mol. The molecule has 1 fully saturated rings. The van der Waals surface area contributed by atoms with Gasteiger partial charge in [0, 0.05) is 18.7 Å². The van der Waals surface area contributed by atoms with Crippen LogP contribution in [-0.2, 0) is 4.74 Å². The maximum atomic E-state index is 10.9. The highest BCUT2D eigenvalue weighted by molar-refractivity contribution is 5.60. The Morgan fingerprint density at radius 3 is 2.70 bits per heavy atom. The molecule has 20 heavy (non-hydrogen) atoms. The van der Waals surface area contributed by atoms with Crippen LogP contribution in [0.15, 0.2) is 24.3 Å². The van der Waals surface area contributed by atoms with Crippen molar-refractivity contribution >= 4 is 11.4 Å². The average Bonchev–Trinajstić information content (AvgIpc) is 2.46. The summed E-state index contributed by atoms with van der Waals surface area (Å²) in [5, 5.41) is 13.9. The van der Waals surface area contributed by atoms with Crippen LogP contribution in [0.5, 0.6) is 0 Å². The fraction of sp³-hybridized carbons (Fsp3) is 0.571. The van der Waals surface area contributed by atoms with Crippen molar-refractivity contribution in [3.05, 3.63) is 34.4 Å². The third kappa shape index (κ3) is 4.18. The number of nitrogens with zero attached hydrogens (tertiary/aromatic N) is 1. The molecule has 0 heterocycles. The van der Waals surface area contributed by atoms with E-state index in [-0.39, 0.29) is 16.7 Å². The fourth-order valence-corrected chi connectivity index (χ4v) is 2.45. The number of nitrogens with one attached hydrogen (secondary N) is 1. The van der Waals surface area contributed by atoms with E-state index >= 15 is 0 Å². The van der Waals surface area contributed by atoms with E-state index in [9.17, 15) is 10.1 Å². The van der Waals surface area contributed by atoms with Crippen molar-refractivity contribution in [2.45, 2.75) is 37.8 Å². The fourth-order valence-electron chi connectivity index (χ4n) is 2.45. The van der Waals surface area contributed by atoms with Crippen LogP contribution in [-0.4, -0.2) is 30.2 Å². The zero-order chi connectivity index (χ0) is 14.4. The normalized spacial score (nSPS) is 22.4.